The Balaban J connectivity index is 2.04. The molecule has 1 N–H and O–H groups in total. The largest absolute Gasteiger partial charge is 0.490 e. The van der Waals surface area contributed by atoms with E-state index in [-0.39, 0.29) is 18.4 Å². The minimum atomic E-state index is -0.360. The van der Waals surface area contributed by atoms with Crippen molar-refractivity contribution in [2.24, 2.45) is 0 Å². The van der Waals surface area contributed by atoms with Crippen LogP contribution < -0.4 is 14.8 Å². The van der Waals surface area contributed by atoms with E-state index in [9.17, 15) is 9.59 Å². The van der Waals surface area contributed by atoms with Gasteiger partial charge in [0.25, 0.3) is 5.91 Å². The molecule has 0 unspecified atom stereocenters. The molecule has 150 valence electrons. The molecule has 0 bridgehead atoms. The number of nitrogens with zero attached hydrogens (tertiary/aromatic N) is 1. The standard InChI is InChI=1S/C20H22Cl2N2O4/c1-4-27-17-7-6-16(11-18(17)28-5-2)23-19(25)12-24(3)20(26)13-8-14(21)10-15(22)9-13/h6-11H,4-5,12H2,1-3H3,(H,23,25). The van der Waals surface area contributed by atoms with Crippen LogP contribution in [0.2, 0.25) is 10.0 Å². The number of anilines is 1. The van der Waals surface area contributed by atoms with Gasteiger partial charge in [0.1, 0.15) is 0 Å². The van der Waals surface area contributed by atoms with E-state index in [2.05, 4.69) is 5.32 Å². The van der Waals surface area contributed by atoms with E-state index in [4.69, 9.17) is 32.7 Å². The number of halogens is 2. The third-order valence-electron chi connectivity index (χ3n) is 3.66. The molecule has 0 saturated carbocycles. The van der Waals surface area contributed by atoms with E-state index < -0.39 is 0 Å². The number of carbonyl (C=O) groups excluding carboxylic acids is 2. The van der Waals surface area contributed by atoms with E-state index >= 15 is 0 Å². The number of nitrogens with one attached hydrogen (secondary N) is 1. The molecule has 0 saturated heterocycles. The van der Waals surface area contributed by atoms with E-state index in [1.165, 1.54) is 30.1 Å². The van der Waals surface area contributed by atoms with Crippen LogP contribution in [0.15, 0.2) is 36.4 Å². The van der Waals surface area contributed by atoms with Gasteiger partial charge in [0.2, 0.25) is 5.91 Å². The first-order valence-corrected chi connectivity index (χ1v) is 9.50. The molecule has 0 radical (unpaired) electrons. The summed E-state index contributed by atoms with van der Waals surface area (Å²) < 4.78 is 11.0. The third kappa shape index (κ3) is 6.04. The van der Waals surface area contributed by atoms with Gasteiger partial charge in [-0.05, 0) is 44.2 Å². The zero-order chi connectivity index (χ0) is 20.7. The molecule has 0 aliphatic carbocycles. The Bertz CT molecular complexity index is 838. The van der Waals surface area contributed by atoms with Crippen LogP contribution in [0.25, 0.3) is 0 Å². The first-order valence-electron chi connectivity index (χ1n) is 8.75. The van der Waals surface area contributed by atoms with Gasteiger partial charge in [-0.2, -0.15) is 0 Å². The van der Waals surface area contributed by atoms with E-state index in [0.717, 1.165) is 0 Å². The van der Waals surface area contributed by atoms with Crippen LogP contribution in [0.4, 0.5) is 5.69 Å². The van der Waals surface area contributed by atoms with E-state index in [1.54, 1.807) is 18.2 Å². The number of rotatable bonds is 8. The van der Waals surface area contributed by atoms with Crippen LogP contribution in [0.3, 0.4) is 0 Å². The number of ether oxygens (including phenoxy) is 2. The molecule has 0 spiro atoms. The average molecular weight is 425 g/mol. The van der Waals surface area contributed by atoms with Gasteiger partial charge in [-0.15, -0.1) is 0 Å². The minimum Gasteiger partial charge on any atom is -0.490 e. The fourth-order valence-corrected chi connectivity index (χ4v) is 3.04. The highest BCUT2D eigenvalue weighted by Crippen LogP contribution is 2.30. The normalized spacial score (nSPS) is 10.3. The lowest BCUT2D eigenvalue weighted by Gasteiger charge is -2.18. The number of hydrogen-bond donors (Lipinski definition) is 1. The van der Waals surface area contributed by atoms with Crippen molar-refractivity contribution in [2.75, 3.05) is 32.1 Å². The molecular weight excluding hydrogens is 403 g/mol. The van der Waals surface area contributed by atoms with Gasteiger partial charge in [0.05, 0.1) is 19.8 Å². The second-order valence-corrected chi connectivity index (χ2v) is 6.77. The summed E-state index contributed by atoms with van der Waals surface area (Å²) >= 11 is 11.9. The van der Waals surface area contributed by atoms with Crippen molar-refractivity contribution in [3.8, 4) is 11.5 Å². The summed E-state index contributed by atoms with van der Waals surface area (Å²) in [5.41, 5.74) is 0.857. The highest BCUT2D eigenvalue weighted by atomic mass is 35.5. The molecule has 0 aliphatic heterocycles. The van der Waals surface area contributed by atoms with Gasteiger partial charge in [0, 0.05) is 34.4 Å². The van der Waals surface area contributed by atoms with Gasteiger partial charge in [-0.3, -0.25) is 9.59 Å². The molecule has 28 heavy (non-hydrogen) atoms. The summed E-state index contributed by atoms with van der Waals surface area (Å²) in [6, 6.07) is 9.67. The molecular formula is C20H22Cl2N2O4. The Kier molecular flexibility index (Phi) is 7.96. The van der Waals surface area contributed by atoms with Crippen molar-refractivity contribution < 1.29 is 19.1 Å². The van der Waals surface area contributed by atoms with Gasteiger partial charge < -0.3 is 19.7 Å². The van der Waals surface area contributed by atoms with Crippen LogP contribution >= 0.6 is 23.2 Å². The Morgan fingerprint density at radius 3 is 2.18 bits per heavy atom. The molecule has 0 fully saturated rings. The summed E-state index contributed by atoms with van der Waals surface area (Å²) in [6.45, 7) is 4.58. The molecule has 2 aromatic rings. The van der Waals surface area contributed by atoms with Crippen molar-refractivity contribution in [2.45, 2.75) is 13.8 Å². The highest BCUT2D eigenvalue weighted by molar-refractivity contribution is 6.35. The lowest BCUT2D eigenvalue weighted by atomic mass is 10.2. The van der Waals surface area contributed by atoms with Crippen LogP contribution in [0.1, 0.15) is 24.2 Å². The molecule has 0 heterocycles. The zero-order valence-electron chi connectivity index (χ0n) is 15.9. The number of likely N-dealkylation sites (N-methyl/N-ethyl adjacent to an activating group) is 1. The highest BCUT2D eigenvalue weighted by Gasteiger charge is 2.17. The smallest absolute Gasteiger partial charge is 0.254 e. The van der Waals surface area contributed by atoms with Crippen LogP contribution in [0.5, 0.6) is 11.5 Å². The maximum atomic E-state index is 12.5. The molecule has 0 atom stereocenters. The predicted molar refractivity (Wildman–Crippen MR) is 111 cm³/mol. The number of carbonyl (C=O) groups is 2. The molecule has 0 aliphatic rings. The lowest BCUT2D eigenvalue weighted by Crippen LogP contribution is -2.34. The third-order valence-corrected chi connectivity index (χ3v) is 4.10. The summed E-state index contributed by atoms with van der Waals surface area (Å²) in [7, 11) is 1.53. The second kappa shape index (κ2) is 10.2. The first kappa shape index (κ1) is 21.9. The number of benzene rings is 2. The molecule has 6 nitrogen and oxygen atoms in total. The van der Waals surface area contributed by atoms with E-state index in [1.807, 2.05) is 13.8 Å². The topological polar surface area (TPSA) is 67.9 Å². The van der Waals surface area contributed by atoms with Crippen molar-refractivity contribution in [1.82, 2.24) is 4.90 Å². The first-order chi connectivity index (χ1) is 13.3. The molecule has 2 rings (SSSR count). The summed E-state index contributed by atoms with van der Waals surface area (Å²) in [5, 5.41) is 3.46. The Hall–Kier alpha value is -2.44. The average Bonchev–Trinajstić information content (AvgIpc) is 2.62. The van der Waals surface area contributed by atoms with E-state index in [0.29, 0.717) is 46.0 Å². The van der Waals surface area contributed by atoms with Crippen molar-refractivity contribution >= 4 is 40.7 Å². The van der Waals surface area contributed by atoms with Crippen molar-refractivity contribution in [3.05, 3.63) is 52.0 Å². The Morgan fingerprint density at radius 2 is 1.57 bits per heavy atom. The predicted octanol–water partition coefficient (Wildman–Crippen LogP) is 4.50. The van der Waals surface area contributed by atoms with Gasteiger partial charge >= 0.3 is 0 Å². The quantitative estimate of drug-likeness (QED) is 0.676. The van der Waals surface area contributed by atoms with Crippen molar-refractivity contribution in [3.63, 3.8) is 0 Å². The monoisotopic (exact) mass is 424 g/mol. The van der Waals surface area contributed by atoms with Gasteiger partial charge in [-0.25, -0.2) is 0 Å². The summed E-state index contributed by atoms with van der Waals surface area (Å²) in [5.74, 6) is 0.435. The van der Waals surface area contributed by atoms with Crippen LogP contribution in [-0.2, 0) is 4.79 Å². The molecule has 8 heteroatoms. The lowest BCUT2D eigenvalue weighted by molar-refractivity contribution is -0.116. The fourth-order valence-electron chi connectivity index (χ4n) is 2.51. The maximum absolute atomic E-state index is 12.5. The SMILES string of the molecule is CCOc1ccc(NC(=O)CN(C)C(=O)c2cc(Cl)cc(Cl)c2)cc1OCC. The fraction of sp³-hybridized carbons (Fsp3) is 0.300. The van der Waals surface area contributed by atoms with Crippen LogP contribution in [-0.4, -0.2) is 43.5 Å². The Labute approximate surface area is 174 Å². The molecule has 2 amide bonds. The number of hydrogen-bond acceptors (Lipinski definition) is 4. The van der Waals surface area contributed by atoms with Gasteiger partial charge in [0.15, 0.2) is 11.5 Å². The second-order valence-electron chi connectivity index (χ2n) is 5.90. The Morgan fingerprint density at radius 1 is 0.964 bits per heavy atom. The van der Waals surface area contributed by atoms with Crippen LogP contribution in [0, 0.1) is 0 Å². The maximum Gasteiger partial charge on any atom is 0.254 e. The summed E-state index contributed by atoms with van der Waals surface area (Å²) in [4.78, 5) is 26.1. The number of amides is 2. The van der Waals surface area contributed by atoms with Crippen molar-refractivity contribution in [1.29, 1.82) is 0 Å². The zero-order valence-corrected chi connectivity index (χ0v) is 17.4. The summed E-state index contributed by atoms with van der Waals surface area (Å²) in [6.07, 6.45) is 0. The molecule has 2 aromatic carbocycles. The molecule has 0 aromatic heterocycles. The van der Waals surface area contributed by atoms with Gasteiger partial charge in [-0.1, -0.05) is 23.2 Å². The minimum absolute atomic E-state index is 0.139.